The number of amidine groups is 1. The van der Waals surface area contributed by atoms with E-state index in [1.54, 1.807) is 30.9 Å². The maximum Gasteiger partial charge on any atom is 0.259 e. The van der Waals surface area contributed by atoms with Gasteiger partial charge in [0.2, 0.25) is 0 Å². The van der Waals surface area contributed by atoms with E-state index < -0.39 is 0 Å². The van der Waals surface area contributed by atoms with Crippen molar-refractivity contribution in [2.75, 3.05) is 26.5 Å². The Balaban J connectivity index is 1.98. The third kappa shape index (κ3) is 4.45. The third-order valence-electron chi connectivity index (χ3n) is 4.30. The summed E-state index contributed by atoms with van der Waals surface area (Å²) in [5, 5.41) is 0.692. The third-order valence-corrected chi connectivity index (χ3v) is 5.37. The molecular weight excluding hydrogens is 360 g/mol. The maximum atomic E-state index is 13.2. The van der Waals surface area contributed by atoms with Crippen LogP contribution < -0.4 is 9.47 Å². The van der Waals surface area contributed by atoms with E-state index in [0.717, 1.165) is 23.3 Å². The van der Waals surface area contributed by atoms with E-state index in [9.17, 15) is 4.79 Å². The van der Waals surface area contributed by atoms with Crippen molar-refractivity contribution in [1.82, 2.24) is 4.90 Å². The SMILES string of the molecule is COc1ccc(OC)c(N=C2SCCCN2C(=O)c2cc(C)cc(C)c2)c1. The first-order chi connectivity index (χ1) is 13.0. The lowest BCUT2D eigenvalue weighted by molar-refractivity contribution is 0.0849. The largest absolute Gasteiger partial charge is 0.497 e. The molecule has 2 aromatic rings. The highest BCUT2D eigenvalue weighted by Crippen LogP contribution is 2.34. The summed E-state index contributed by atoms with van der Waals surface area (Å²) in [5.74, 6) is 2.26. The van der Waals surface area contributed by atoms with Gasteiger partial charge in [0.25, 0.3) is 5.91 Å². The average Bonchev–Trinajstić information content (AvgIpc) is 2.67. The summed E-state index contributed by atoms with van der Waals surface area (Å²) in [6, 6.07) is 11.4. The minimum Gasteiger partial charge on any atom is -0.497 e. The summed E-state index contributed by atoms with van der Waals surface area (Å²) in [7, 11) is 3.22. The molecular formula is C21H24N2O3S. The molecule has 1 saturated heterocycles. The van der Waals surface area contributed by atoms with Crippen molar-refractivity contribution in [2.45, 2.75) is 20.3 Å². The summed E-state index contributed by atoms with van der Waals surface area (Å²) in [4.78, 5) is 19.7. The number of carbonyl (C=O) groups is 1. The Labute approximate surface area is 164 Å². The molecule has 27 heavy (non-hydrogen) atoms. The number of thioether (sulfide) groups is 1. The summed E-state index contributed by atoms with van der Waals surface area (Å²) in [5.41, 5.74) is 3.51. The lowest BCUT2D eigenvalue weighted by Gasteiger charge is -2.28. The second kappa shape index (κ2) is 8.48. The molecule has 0 aromatic heterocycles. The minimum atomic E-state index is -0.0189. The number of methoxy groups -OCH3 is 2. The van der Waals surface area contributed by atoms with Gasteiger partial charge in [-0.05, 0) is 44.5 Å². The molecule has 1 heterocycles. The molecule has 1 amide bonds. The highest BCUT2D eigenvalue weighted by atomic mass is 32.2. The topological polar surface area (TPSA) is 51.1 Å². The van der Waals surface area contributed by atoms with Crippen LogP contribution in [-0.2, 0) is 0 Å². The van der Waals surface area contributed by atoms with Crippen LogP contribution in [0.2, 0.25) is 0 Å². The molecule has 0 radical (unpaired) electrons. The molecule has 1 fully saturated rings. The van der Waals surface area contributed by atoms with Gasteiger partial charge < -0.3 is 9.47 Å². The molecule has 0 N–H and O–H groups in total. The van der Waals surface area contributed by atoms with E-state index in [0.29, 0.717) is 34.5 Å². The van der Waals surface area contributed by atoms with Gasteiger partial charge in [-0.25, -0.2) is 4.99 Å². The fourth-order valence-electron chi connectivity index (χ4n) is 3.08. The van der Waals surface area contributed by atoms with Crippen LogP contribution in [0.15, 0.2) is 41.4 Å². The molecule has 0 atom stereocenters. The molecule has 0 spiro atoms. The molecule has 1 aliphatic rings. The Kier molecular flexibility index (Phi) is 6.06. The quantitative estimate of drug-likeness (QED) is 0.774. The Morgan fingerprint density at radius 2 is 1.81 bits per heavy atom. The fourth-order valence-corrected chi connectivity index (χ4v) is 4.03. The van der Waals surface area contributed by atoms with Gasteiger partial charge in [0.15, 0.2) is 5.17 Å². The van der Waals surface area contributed by atoms with Crippen molar-refractivity contribution in [1.29, 1.82) is 0 Å². The molecule has 3 rings (SSSR count). The Bertz CT molecular complexity index is 859. The number of nitrogens with zero attached hydrogens (tertiary/aromatic N) is 2. The highest BCUT2D eigenvalue weighted by Gasteiger charge is 2.25. The fraction of sp³-hybridized carbons (Fsp3) is 0.333. The zero-order valence-electron chi connectivity index (χ0n) is 16.1. The summed E-state index contributed by atoms with van der Waals surface area (Å²) >= 11 is 1.59. The van der Waals surface area contributed by atoms with Crippen molar-refractivity contribution < 1.29 is 14.3 Å². The van der Waals surface area contributed by atoms with E-state index >= 15 is 0 Å². The first-order valence-corrected chi connectivity index (χ1v) is 9.84. The number of amides is 1. The lowest BCUT2D eigenvalue weighted by Crippen LogP contribution is -2.39. The predicted molar refractivity (Wildman–Crippen MR) is 111 cm³/mol. The molecule has 0 aliphatic carbocycles. The Morgan fingerprint density at radius 3 is 2.48 bits per heavy atom. The van der Waals surface area contributed by atoms with E-state index in [1.165, 1.54) is 0 Å². The number of carbonyl (C=O) groups excluding carboxylic acids is 1. The second-order valence-corrected chi connectivity index (χ2v) is 7.53. The van der Waals surface area contributed by atoms with Gasteiger partial charge in [0, 0.05) is 23.9 Å². The van der Waals surface area contributed by atoms with Crippen LogP contribution >= 0.6 is 11.8 Å². The molecule has 6 heteroatoms. The summed E-state index contributed by atoms with van der Waals surface area (Å²) in [6.45, 7) is 4.67. The number of aliphatic imine (C=N–C) groups is 1. The first-order valence-electron chi connectivity index (χ1n) is 8.85. The molecule has 0 bridgehead atoms. The van der Waals surface area contributed by atoms with E-state index in [2.05, 4.69) is 6.07 Å². The number of benzene rings is 2. The lowest BCUT2D eigenvalue weighted by atomic mass is 10.1. The maximum absolute atomic E-state index is 13.2. The molecule has 2 aromatic carbocycles. The van der Waals surface area contributed by atoms with Crippen molar-refractivity contribution in [3.05, 3.63) is 53.1 Å². The van der Waals surface area contributed by atoms with Gasteiger partial charge in [0.05, 0.1) is 14.2 Å². The zero-order chi connectivity index (χ0) is 19.4. The van der Waals surface area contributed by atoms with Gasteiger partial charge >= 0.3 is 0 Å². The number of ether oxygens (including phenoxy) is 2. The Morgan fingerprint density at radius 1 is 1.07 bits per heavy atom. The van der Waals surface area contributed by atoms with Crippen molar-refractivity contribution in [2.24, 2.45) is 4.99 Å². The van der Waals surface area contributed by atoms with Crippen molar-refractivity contribution in [3.63, 3.8) is 0 Å². The normalized spacial score (nSPS) is 15.7. The molecule has 0 saturated carbocycles. The first kappa shape index (κ1) is 19.3. The molecule has 0 unspecified atom stereocenters. The monoisotopic (exact) mass is 384 g/mol. The average molecular weight is 385 g/mol. The van der Waals surface area contributed by atoms with E-state index in [4.69, 9.17) is 14.5 Å². The van der Waals surface area contributed by atoms with Crippen molar-refractivity contribution in [3.8, 4) is 11.5 Å². The number of rotatable bonds is 4. The minimum absolute atomic E-state index is 0.0189. The number of aryl methyl sites for hydroxylation is 2. The van der Waals surface area contributed by atoms with Crippen LogP contribution in [0.4, 0.5) is 5.69 Å². The van der Waals surface area contributed by atoms with E-state index in [1.807, 2.05) is 44.2 Å². The van der Waals surface area contributed by atoms with Gasteiger partial charge in [0.1, 0.15) is 17.2 Å². The number of hydrogen-bond acceptors (Lipinski definition) is 5. The summed E-state index contributed by atoms with van der Waals surface area (Å²) in [6.07, 6.45) is 0.940. The van der Waals surface area contributed by atoms with Gasteiger partial charge in [-0.3, -0.25) is 9.69 Å². The van der Waals surface area contributed by atoms with Crippen molar-refractivity contribution >= 4 is 28.5 Å². The smallest absolute Gasteiger partial charge is 0.259 e. The van der Waals surface area contributed by atoms with Gasteiger partial charge in [-0.2, -0.15) is 0 Å². The number of hydrogen-bond donors (Lipinski definition) is 0. The molecule has 1 aliphatic heterocycles. The standard InChI is InChI=1S/C21H24N2O3S/c1-14-10-15(2)12-16(11-14)20(24)23-8-5-9-27-21(23)22-18-13-17(25-3)6-7-19(18)26-4/h6-7,10-13H,5,8-9H2,1-4H3. The highest BCUT2D eigenvalue weighted by molar-refractivity contribution is 8.13. The van der Waals surface area contributed by atoms with Gasteiger partial charge in [-0.15, -0.1) is 0 Å². The van der Waals surface area contributed by atoms with Crippen LogP contribution in [0.3, 0.4) is 0 Å². The zero-order valence-corrected chi connectivity index (χ0v) is 16.9. The Hall–Kier alpha value is -2.47. The molecule has 5 nitrogen and oxygen atoms in total. The second-order valence-electron chi connectivity index (χ2n) is 6.47. The van der Waals surface area contributed by atoms with Crippen LogP contribution in [0.5, 0.6) is 11.5 Å². The van der Waals surface area contributed by atoms with E-state index in [-0.39, 0.29) is 5.91 Å². The van der Waals surface area contributed by atoms with Crippen LogP contribution in [0.1, 0.15) is 27.9 Å². The molecule has 142 valence electrons. The van der Waals surface area contributed by atoms with Crippen LogP contribution in [-0.4, -0.2) is 42.5 Å². The van der Waals surface area contributed by atoms with Gasteiger partial charge in [-0.1, -0.05) is 29.0 Å². The predicted octanol–water partition coefficient (Wildman–Crippen LogP) is 4.59. The van der Waals surface area contributed by atoms with Crippen LogP contribution in [0.25, 0.3) is 0 Å². The van der Waals surface area contributed by atoms with Crippen LogP contribution in [0, 0.1) is 13.8 Å². The summed E-state index contributed by atoms with van der Waals surface area (Å²) < 4.78 is 10.7.